The lowest BCUT2D eigenvalue weighted by atomic mass is 10.1. The van der Waals surface area contributed by atoms with E-state index >= 15 is 0 Å². The highest BCUT2D eigenvalue weighted by molar-refractivity contribution is 5.50. The van der Waals surface area contributed by atoms with Crippen LogP contribution in [-0.2, 0) is 6.18 Å². The molecular weight excluding hydrogens is 203 g/mol. The molecule has 0 fully saturated rings. The van der Waals surface area contributed by atoms with Gasteiger partial charge in [0.15, 0.2) is 0 Å². The molecule has 82 valence electrons. The zero-order valence-electron chi connectivity index (χ0n) is 8.31. The van der Waals surface area contributed by atoms with E-state index in [1.165, 1.54) is 12.1 Å². The standard InChI is InChI=1S/C11H12F3N/c1-15-8-2-3-9-4-6-10(7-5-9)11(12,13)14/h2-7,15H,8H2,1H3/b3-2+. The van der Waals surface area contributed by atoms with Crippen LogP contribution in [0.2, 0.25) is 0 Å². The second kappa shape index (κ2) is 4.98. The van der Waals surface area contributed by atoms with Crippen LogP contribution < -0.4 is 5.32 Å². The molecule has 4 heteroatoms. The molecular formula is C11H12F3N. The second-order valence-electron chi connectivity index (χ2n) is 3.08. The second-order valence-corrected chi connectivity index (χ2v) is 3.08. The molecule has 1 aromatic rings. The first-order valence-electron chi connectivity index (χ1n) is 4.52. The van der Waals surface area contributed by atoms with E-state index in [2.05, 4.69) is 5.32 Å². The molecule has 0 spiro atoms. The predicted octanol–water partition coefficient (Wildman–Crippen LogP) is 2.94. The smallest absolute Gasteiger partial charge is 0.316 e. The van der Waals surface area contributed by atoms with E-state index in [9.17, 15) is 13.2 Å². The number of benzene rings is 1. The highest BCUT2D eigenvalue weighted by Crippen LogP contribution is 2.29. The Balaban J connectivity index is 2.73. The summed E-state index contributed by atoms with van der Waals surface area (Å²) < 4.78 is 36.6. The molecule has 1 rings (SSSR count). The molecule has 0 aliphatic heterocycles. The Kier molecular flexibility index (Phi) is 3.91. The van der Waals surface area contributed by atoms with E-state index in [4.69, 9.17) is 0 Å². The highest BCUT2D eigenvalue weighted by atomic mass is 19.4. The molecule has 1 aromatic carbocycles. The number of hydrogen-bond donors (Lipinski definition) is 1. The van der Waals surface area contributed by atoms with Crippen molar-refractivity contribution in [1.82, 2.24) is 5.32 Å². The van der Waals surface area contributed by atoms with E-state index in [0.717, 1.165) is 17.7 Å². The molecule has 0 bridgehead atoms. The minimum atomic E-state index is -4.26. The maximum absolute atomic E-state index is 12.2. The summed E-state index contributed by atoms with van der Waals surface area (Å²) in [5, 5.41) is 2.91. The van der Waals surface area contributed by atoms with Gasteiger partial charge in [-0.1, -0.05) is 24.3 Å². The Bertz CT molecular complexity index is 325. The van der Waals surface area contributed by atoms with E-state index in [0.29, 0.717) is 6.54 Å². The average molecular weight is 215 g/mol. The van der Waals surface area contributed by atoms with Crippen LogP contribution in [0.25, 0.3) is 6.08 Å². The largest absolute Gasteiger partial charge is 0.416 e. The van der Waals surface area contributed by atoms with Gasteiger partial charge in [0.05, 0.1) is 5.56 Å². The van der Waals surface area contributed by atoms with E-state index in [-0.39, 0.29) is 0 Å². The van der Waals surface area contributed by atoms with Gasteiger partial charge in [0, 0.05) is 6.54 Å². The van der Waals surface area contributed by atoms with Gasteiger partial charge in [-0.3, -0.25) is 0 Å². The molecule has 0 atom stereocenters. The zero-order valence-corrected chi connectivity index (χ0v) is 8.31. The first-order chi connectivity index (χ1) is 7.04. The molecule has 1 nitrogen and oxygen atoms in total. The Labute approximate surface area is 86.6 Å². The van der Waals surface area contributed by atoms with E-state index in [1.54, 1.807) is 13.1 Å². The summed E-state index contributed by atoms with van der Waals surface area (Å²) >= 11 is 0. The number of halogens is 3. The third-order valence-electron chi connectivity index (χ3n) is 1.87. The normalized spacial score (nSPS) is 12.3. The molecule has 0 aromatic heterocycles. The van der Waals surface area contributed by atoms with E-state index < -0.39 is 11.7 Å². The first kappa shape index (κ1) is 11.8. The van der Waals surface area contributed by atoms with Gasteiger partial charge in [0.2, 0.25) is 0 Å². The fourth-order valence-electron chi connectivity index (χ4n) is 1.10. The predicted molar refractivity (Wildman–Crippen MR) is 54.4 cm³/mol. The Morgan fingerprint density at radius 1 is 1.20 bits per heavy atom. The van der Waals surface area contributed by atoms with Crippen LogP contribution in [0.1, 0.15) is 11.1 Å². The van der Waals surface area contributed by atoms with Gasteiger partial charge >= 0.3 is 6.18 Å². The van der Waals surface area contributed by atoms with Crippen LogP contribution in [0, 0.1) is 0 Å². The number of likely N-dealkylation sites (N-methyl/N-ethyl adjacent to an activating group) is 1. The lowest BCUT2D eigenvalue weighted by Crippen LogP contribution is -2.04. The summed E-state index contributed by atoms with van der Waals surface area (Å²) in [6, 6.07) is 5.07. The zero-order chi connectivity index (χ0) is 11.3. The summed E-state index contributed by atoms with van der Waals surface area (Å²) in [5.41, 5.74) is 0.145. The number of nitrogens with one attached hydrogen (secondary N) is 1. The van der Waals surface area contributed by atoms with Crippen molar-refractivity contribution in [3.63, 3.8) is 0 Å². The topological polar surface area (TPSA) is 12.0 Å². The van der Waals surface area contributed by atoms with Gasteiger partial charge in [-0.25, -0.2) is 0 Å². The van der Waals surface area contributed by atoms with Crippen molar-refractivity contribution in [2.45, 2.75) is 6.18 Å². The van der Waals surface area contributed by atoms with Gasteiger partial charge in [0.1, 0.15) is 0 Å². The third kappa shape index (κ3) is 3.75. The molecule has 0 unspecified atom stereocenters. The van der Waals surface area contributed by atoms with Crippen molar-refractivity contribution in [3.05, 3.63) is 41.5 Å². The molecule has 0 saturated carbocycles. The summed E-state index contributed by atoms with van der Waals surface area (Å²) in [7, 11) is 1.80. The fourth-order valence-corrected chi connectivity index (χ4v) is 1.10. The van der Waals surface area contributed by atoms with Crippen molar-refractivity contribution in [1.29, 1.82) is 0 Å². The van der Waals surface area contributed by atoms with Gasteiger partial charge < -0.3 is 5.32 Å². The molecule has 0 amide bonds. The molecule has 0 saturated heterocycles. The summed E-state index contributed by atoms with van der Waals surface area (Å²) in [6.45, 7) is 0.695. The Hall–Kier alpha value is -1.29. The van der Waals surface area contributed by atoms with Crippen LogP contribution in [0.15, 0.2) is 30.3 Å². The minimum absolute atomic E-state index is 0.617. The van der Waals surface area contributed by atoms with Crippen molar-refractivity contribution >= 4 is 6.08 Å². The summed E-state index contributed by atoms with van der Waals surface area (Å²) in [5.74, 6) is 0. The van der Waals surface area contributed by atoms with Crippen molar-refractivity contribution in [3.8, 4) is 0 Å². The number of alkyl halides is 3. The fraction of sp³-hybridized carbons (Fsp3) is 0.273. The van der Waals surface area contributed by atoms with Gasteiger partial charge in [0.25, 0.3) is 0 Å². The maximum atomic E-state index is 12.2. The molecule has 0 aliphatic carbocycles. The molecule has 0 radical (unpaired) electrons. The van der Waals surface area contributed by atoms with Crippen LogP contribution in [0.4, 0.5) is 13.2 Å². The summed E-state index contributed by atoms with van der Waals surface area (Å²) in [4.78, 5) is 0. The Morgan fingerprint density at radius 3 is 2.27 bits per heavy atom. The maximum Gasteiger partial charge on any atom is 0.416 e. The van der Waals surface area contributed by atoms with Crippen LogP contribution in [0.3, 0.4) is 0 Å². The third-order valence-corrected chi connectivity index (χ3v) is 1.87. The first-order valence-corrected chi connectivity index (χ1v) is 4.52. The minimum Gasteiger partial charge on any atom is -0.316 e. The lowest BCUT2D eigenvalue weighted by molar-refractivity contribution is -0.137. The van der Waals surface area contributed by atoms with Crippen LogP contribution >= 0.6 is 0 Å². The summed E-state index contributed by atoms with van der Waals surface area (Å²) in [6.07, 6.45) is -0.632. The molecule has 0 heterocycles. The van der Waals surface area contributed by atoms with Crippen molar-refractivity contribution < 1.29 is 13.2 Å². The van der Waals surface area contributed by atoms with Gasteiger partial charge in [-0.2, -0.15) is 13.2 Å². The highest BCUT2D eigenvalue weighted by Gasteiger charge is 2.29. The van der Waals surface area contributed by atoms with Gasteiger partial charge in [-0.15, -0.1) is 0 Å². The SMILES string of the molecule is CNC/C=C/c1ccc(C(F)(F)F)cc1. The molecule has 0 aliphatic rings. The number of rotatable bonds is 3. The van der Waals surface area contributed by atoms with Gasteiger partial charge in [-0.05, 0) is 24.7 Å². The average Bonchev–Trinajstić information content (AvgIpc) is 2.18. The Morgan fingerprint density at radius 2 is 1.80 bits per heavy atom. The molecule has 1 N–H and O–H groups in total. The lowest BCUT2D eigenvalue weighted by Gasteiger charge is -2.05. The van der Waals surface area contributed by atoms with Crippen LogP contribution in [0.5, 0.6) is 0 Å². The van der Waals surface area contributed by atoms with Crippen molar-refractivity contribution in [2.24, 2.45) is 0 Å². The quantitative estimate of drug-likeness (QED) is 0.817. The van der Waals surface area contributed by atoms with E-state index in [1.807, 2.05) is 6.08 Å². The monoisotopic (exact) mass is 215 g/mol. The van der Waals surface area contributed by atoms with Crippen LogP contribution in [-0.4, -0.2) is 13.6 Å². The van der Waals surface area contributed by atoms with Crippen molar-refractivity contribution in [2.75, 3.05) is 13.6 Å². The molecule has 15 heavy (non-hydrogen) atoms. The number of hydrogen-bond acceptors (Lipinski definition) is 1.